The van der Waals surface area contributed by atoms with Gasteiger partial charge in [-0.15, -0.1) is 0 Å². The number of benzene rings is 1. The molecule has 0 bridgehead atoms. The fraction of sp³-hybridized carbons (Fsp3) is 0.385. The fourth-order valence-electron chi connectivity index (χ4n) is 1.80. The highest BCUT2D eigenvalue weighted by molar-refractivity contribution is 7.89. The molecular formula is C13H17N3O4S. The second-order valence-corrected chi connectivity index (χ2v) is 6.23. The maximum Gasteiger partial charge on any atom is 0.240 e. The second kappa shape index (κ2) is 7.30. The van der Waals surface area contributed by atoms with Crippen molar-refractivity contribution in [1.29, 1.82) is 0 Å². The van der Waals surface area contributed by atoms with Crippen molar-refractivity contribution in [2.24, 2.45) is 0 Å². The predicted octanol–water partition coefficient (Wildman–Crippen LogP) is 0.515. The summed E-state index contributed by atoms with van der Waals surface area (Å²) >= 11 is 0. The Balaban J connectivity index is 1.92. The van der Waals surface area contributed by atoms with Crippen molar-refractivity contribution in [2.75, 3.05) is 13.2 Å². The van der Waals surface area contributed by atoms with Crippen LogP contribution in [0.25, 0.3) is 0 Å². The van der Waals surface area contributed by atoms with E-state index >= 15 is 0 Å². The molecule has 1 heterocycles. The van der Waals surface area contributed by atoms with Crippen LogP contribution >= 0.6 is 0 Å². The minimum absolute atomic E-state index is 0.123. The number of hydrogen-bond donors (Lipinski definition) is 2. The van der Waals surface area contributed by atoms with Crippen LogP contribution in [0.3, 0.4) is 0 Å². The molecule has 0 unspecified atom stereocenters. The zero-order valence-electron chi connectivity index (χ0n) is 11.4. The summed E-state index contributed by atoms with van der Waals surface area (Å²) in [5.74, 6) is 0.456. The summed E-state index contributed by atoms with van der Waals surface area (Å²) < 4.78 is 31.2. The first-order chi connectivity index (χ1) is 10.1. The molecule has 0 amide bonds. The first kappa shape index (κ1) is 15.6. The van der Waals surface area contributed by atoms with Crippen LogP contribution in [0.1, 0.15) is 17.8 Å². The average Bonchev–Trinajstić information content (AvgIpc) is 2.98. The van der Waals surface area contributed by atoms with Crippen molar-refractivity contribution in [3.8, 4) is 0 Å². The molecular weight excluding hydrogens is 294 g/mol. The van der Waals surface area contributed by atoms with E-state index in [9.17, 15) is 8.42 Å². The van der Waals surface area contributed by atoms with Crippen molar-refractivity contribution in [3.63, 3.8) is 0 Å². The molecule has 0 aliphatic heterocycles. The monoisotopic (exact) mass is 311 g/mol. The van der Waals surface area contributed by atoms with Crippen molar-refractivity contribution in [2.45, 2.75) is 24.2 Å². The normalized spacial score (nSPS) is 11.7. The van der Waals surface area contributed by atoms with Gasteiger partial charge in [0.2, 0.25) is 16.4 Å². The second-order valence-electron chi connectivity index (χ2n) is 4.47. The van der Waals surface area contributed by atoms with Crippen molar-refractivity contribution in [3.05, 3.63) is 42.0 Å². The van der Waals surface area contributed by atoms with Crippen LogP contribution in [-0.2, 0) is 22.9 Å². The first-order valence-corrected chi connectivity index (χ1v) is 8.05. The Hall–Kier alpha value is -1.77. The molecule has 8 heteroatoms. The van der Waals surface area contributed by atoms with Gasteiger partial charge in [0.1, 0.15) is 0 Å². The molecule has 0 aliphatic carbocycles. The highest BCUT2D eigenvalue weighted by atomic mass is 32.2. The third-order valence-electron chi connectivity index (χ3n) is 2.90. The Kier molecular flexibility index (Phi) is 5.43. The largest absolute Gasteiger partial charge is 0.396 e. The van der Waals surface area contributed by atoms with E-state index in [2.05, 4.69) is 19.4 Å². The summed E-state index contributed by atoms with van der Waals surface area (Å²) in [6.45, 7) is 0.325. The molecule has 2 N–H and O–H groups in total. The molecule has 2 rings (SSSR count). The van der Waals surface area contributed by atoms with Crippen LogP contribution in [0.5, 0.6) is 0 Å². The molecule has 0 saturated heterocycles. The van der Waals surface area contributed by atoms with Gasteiger partial charge in [0.05, 0.1) is 4.90 Å². The van der Waals surface area contributed by atoms with Gasteiger partial charge in [0.15, 0.2) is 5.82 Å². The van der Waals surface area contributed by atoms with E-state index < -0.39 is 10.0 Å². The number of aryl methyl sites for hydroxylation is 1. The molecule has 0 spiro atoms. The maximum absolute atomic E-state index is 12.1. The molecule has 0 atom stereocenters. The van der Waals surface area contributed by atoms with Crippen LogP contribution in [0, 0.1) is 0 Å². The standard InChI is InChI=1S/C13H17N3O4S/c17-9-1-2-11-3-5-12(6-4-11)21(18,19)15-8-7-13-14-10-20-16-13/h3-6,10,15,17H,1-2,7-9H2. The average molecular weight is 311 g/mol. The number of rotatable bonds is 8. The molecule has 0 aliphatic rings. The first-order valence-electron chi connectivity index (χ1n) is 6.56. The van der Waals surface area contributed by atoms with Gasteiger partial charge in [-0.3, -0.25) is 0 Å². The lowest BCUT2D eigenvalue weighted by molar-refractivity contribution is 0.288. The molecule has 0 radical (unpaired) electrons. The summed E-state index contributed by atoms with van der Waals surface area (Å²) in [6, 6.07) is 6.62. The molecule has 0 saturated carbocycles. The molecule has 7 nitrogen and oxygen atoms in total. The van der Waals surface area contributed by atoms with Crippen molar-refractivity contribution < 1.29 is 18.0 Å². The van der Waals surface area contributed by atoms with Crippen LogP contribution in [0.15, 0.2) is 40.1 Å². The third kappa shape index (κ3) is 4.62. The summed E-state index contributed by atoms with van der Waals surface area (Å²) in [6.07, 6.45) is 2.95. The van der Waals surface area contributed by atoms with Gasteiger partial charge in [-0.25, -0.2) is 13.1 Å². The Morgan fingerprint density at radius 1 is 1.19 bits per heavy atom. The van der Waals surface area contributed by atoms with Crippen LogP contribution < -0.4 is 4.72 Å². The van der Waals surface area contributed by atoms with E-state index in [0.717, 1.165) is 12.0 Å². The maximum atomic E-state index is 12.1. The fourth-order valence-corrected chi connectivity index (χ4v) is 2.83. The highest BCUT2D eigenvalue weighted by Gasteiger charge is 2.13. The van der Waals surface area contributed by atoms with Crippen LogP contribution in [0.2, 0.25) is 0 Å². The zero-order valence-corrected chi connectivity index (χ0v) is 12.2. The highest BCUT2D eigenvalue weighted by Crippen LogP contribution is 2.11. The Labute approximate surface area is 123 Å². The van der Waals surface area contributed by atoms with Gasteiger partial charge in [-0.05, 0) is 30.5 Å². The smallest absolute Gasteiger partial charge is 0.240 e. The number of aliphatic hydroxyl groups is 1. The number of sulfonamides is 1. The molecule has 2 aromatic rings. The topological polar surface area (TPSA) is 105 Å². The Morgan fingerprint density at radius 3 is 2.57 bits per heavy atom. The van der Waals surface area contributed by atoms with E-state index in [4.69, 9.17) is 5.11 Å². The van der Waals surface area contributed by atoms with E-state index in [1.165, 1.54) is 6.39 Å². The molecule has 114 valence electrons. The number of nitrogens with zero attached hydrogens (tertiary/aromatic N) is 2. The van der Waals surface area contributed by atoms with Gasteiger partial charge in [-0.2, -0.15) is 4.98 Å². The Bertz CT molecular complexity index is 639. The summed E-state index contributed by atoms with van der Waals surface area (Å²) in [4.78, 5) is 4.03. The molecule has 21 heavy (non-hydrogen) atoms. The molecule has 1 aromatic heterocycles. The Morgan fingerprint density at radius 2 is 1.95 bits per heavy atom. The van der Waals surface area contributed by atoms with Gasteiger partial charge >= 0.3 is 0 Å². The van der Waals surface area contributed by atoms with Crippen molar-refractivity contribution in [1.82, 2.24) is 14.9 Å². The number of aliphatic hydroxyl groups excluding tert-OH is 1. The minimum Gasteiger partial charge on any atom is -0.396 e. The summed E-state index contributed by atoms with van der Waals surface area (Å²) in [7, 11) is -3.54. The lowest BCUT2D eigenvalue weighted by atomic mass is 10.1. The molecule has 0 fully saturated rings. The van der Waals surface area contributed by atoms with Crippen molar-refractivity contribution >= 4 is 10.0 Å². The quantitative estimate of drug-likeness (QED) is 0.736. The lowest BCUT2D eigenvalue weighted by Gasteiger charge is -2.06. The van der Waals surface area contributed by atoms with E-state index in [1.807, 2.05) is 0 Å². The number of nitrogens with one attached hydrogen (secondary N) is 1. The van der Waals surface area contributed by atoms with E-state index in [0.29, 0.717) is 18.7 Å². The van der Waals surface area contributed by atoms with Crippen LogP contribution in [-0.4, -0.2) is 36.8 Å². The minimum atomic E-state index is -3.54. The SMILES string of the molecule is O=S(=O)(NCCc1ncon1)c1ccc(CCCO)cc1. The van der Waals surface area contributed by atoms with Gasteiger partial charge in [0, 0.05) is 19.6 Å². The number of aromatic nitrogens is 2. The lowest BCUT2D eigenvalue weighted by Crippen LogP contribution is -2.26. The zero-order chi connectivity index (χ0) is 15.1. The summed E-state index contributed by atoms with van der Waals surface area (Å²) in [5, 5.41) is 12.4. The van der Waals surface area contributed by atoms with Gasteiger partial charge < -0.3 is 9.63 Å². The van der Waals surface area contributed by atoms with E-state index in [1.54, 1.807) is 24.3 Å². The third-order valence-corrected chi connectivity index (χ3v) is 4.38. The predicted molar refractivity (Wildman–Crippen MR) is 75.0 cm³/mol. The molecule has 1 aromatic carbocycles. The number of hydrogen-bond acceptors (Lipinski definition) is 6. The van der Waals surface area contributed by atoms with E-state index in [-0.39, 0.29) is 18.0 Å². The van der Waals surface area contributed by atoms with Gasteiger partial charge in [0.25, 0.3) is 0 Å². The van der Waals surface area contributed by atoms with Gasteiger partial charge in [-0.1, -0.05) is 17.3 Å². The van der Waals surface area contributed by atoms with Crippen LogP contribution in [0.4, 0.5) is 0 Å². The summed E-state index contributed by atoms with van der Waals surface area (Å²) in [5.41, 5.74) is 0.995.